The summed E-state index contributed by atoms with van der Waals surface area (Å²) in [4.78, 5) is 8.51. The fraction of sp³-hybridized carbons (Fsp3) is 0.294. The van der Waals surface area contributed by atoms with Crippen molar-refractivity contribution < 1.29 is 27.2 Å². The van der Waals surface area contributed by atoms with Crippen LogP contribution in [0.15, 0.2) is 30.5 Å². The van der Waals surface area contributed by atoms with E-state index in [-0.39, 0.29) is 24.6 Å². The Morgan fingerprint density at radius 1 is 1.30 bits per heavy atom. The predicted octanol–water partition coefficient (Wildman–Crippen LogP) is 2.94. The van der Waals surface area contributed by atoms with Crippen molar-refractivity contribution in [1.82, 2.24) is 13.9 Å². The highest BCUT2D eigenvalue weighted by atomic mass is 32.2. The van der Waals surface area contributed by atoms with Crippen LogP contribution in [0, 0.1) is 6.92 Å². The van der Waals surface area contributed by atoms with Crippen LogP contribution in [0.3, 0.4) is 0 Å². The number of aliphatic hydroxyl groups is 1. The first kappa shape index (κ1) is 19.3. The fourth-order valence-corrected chi connectivity index (χ4v) is 3.50. The Hall–Kier alpha value is -2.46. The van der Waals surface area contributed by atoms with Crippen LogP contribution in [0.1, 0.15) is 11.1 Å². The van der Waals surface area contributed by atoms with E-state index in [0.717, 1.165) is 12.1 Å². The topological polar surface area (TPSA) is 77.2 Å². The van der Waals surface area contributed by atoms with E-state index in [1.807, 2.05) is 0 Å². The summed E-state index contributed by atoms with van der Waals surface area (Å²) in [7, 11) is -1.58. The molecule has 3 aromatic rings. The molecule has 0 aliphatic carbocycles. The summed E-state index contributed by atoms with van der Waals surface area (Å²) in [6.45, 7) is 1.61. The van der Waals surface area contributed by atoms with Crippen molar-refractivity contribution in [3.8, 4) is 17.3 Å². The van der Waals surface area contributed by atoms with Crippen molar-refractivity contribution in [1.29, 1.82) is 0 Å². The highest BCUT2D eigenvalue weighted by Gasteiger charge is 2.31. The lowest BCUT2D eigenvalue weighted by molar-refractivity contribution is -0.137. The molecule has 10 heteroatoms. The molecule has 3 rings (SSSR count). The van der Waals surface area contributed by atoms with Crippen LogP contribution >= 0.6 is 0 Å². The minimum absolute atomic E-state index is 0.0675. The van der Waals surface area contributed by atoms with Gasteiger partial charge in [0.05, 0.1) is 23.2 Å². The number of nitrogens with zero attached hydrogens (tertiary/aromatic N) is 3. The Kier molecular flexibility index (Phi) is 5.20. The Morgan fingerprint density at radius 3 is 2.67 bits per heavy atom. The molecule has 1 N–H and O–H groups in total. The summed E-state index contributed by atoms with van der Waals surface area (Å²) >= 11 is 0. The maximum absolute atomic E-state index is 13.0. The third-order valence-electron chi connectivity index (χ3n) is 3.91. The molecule has 0 saturated heterocycles. The summed E-state index contributed by atoms with van der Waals surface area (Å²) in [6, 6.07) is 4.70. The van der Waals surface area contributed by atoms with Crippen LogP contribution in [0.25, 0.3) is 22.6 Å². The number of hydrogen-bond donors (Lipinski definition) is 1. The van der Waals surface area contributed by atoms with Gasteiger partial charge in [0.1, 0.15) is 29.0 Å². The molecule has 1 unspecified atom stereocenters. The van der Waals surface area contributed by atoms with Gasteiger partial charge in [-0.2, -0.15) is 13.2 Å². The molecular formula is C17H16F3N3O3S. The van der Waals surface area contributed by atoms with E-state index < -0.39 is 22.7 Å². The van der Waals surface area contributed by atoms with Gasteiger partial charge in [-0.1, -0.05) is 0 Å². The van der Waals surface area contributed by atoms with E-state index in [4.69, 9.17) is 9.84 Å². The van der Waals surface area contributed by atoms with Crippen molar-refractivity contribution >= 4 is 22.0 Å². The smallest absolute Gasteiger partial charge is 0.416 e. The van der Waals surface area contributed by atoms with Gasteiger partial charge in [0.2, 0.25) is 0 Å². The SMILES string of the molecule is Cc1c(OCCO)ccnc1-c1nc2cc(C(F)(F)F)ccc2n1S(C)=O. The lowest BCUT2D eigenvalue weighted by Gasteiger charge is -2.11. The maximum atomic E-state index is 13.0. The summed E-state index contributed by atoms with van der Waals surface area (Å²) < 4.78 is 58.0. The minimum Gasteiger partial charge on any atom is -0.491 e. The Morgan fingerprint density at radius 2 is 2.04 bits per heavy atom. The van der Waals surface area contributed by atoms with E-state index in [0.29, 0.717) is 22.5 Å². The number of fused-ring (bicyclic) bond motifs is 1. The molecule has 0 bridgehead atoms. The number of benzene rings is 1. The lowest BCUT2D eigenvalue weighted by Crippen LogP contribution is -2.08. The van der Waals surface area contributed by atoms with Gasteiger partial charge >= 0.3 is 6.18 Å². The molecule has 0 amide bonds. The van der Waals surface area contributed by atoms with E-state index in [1.165, 1.54) is 22.5 Å². The zero-order valence-corrected chi connectivity index (χ0v) is 15.3. The quantitative estimate of drug-likeness (QED) is 0.714. The van der Waals surface area contributed by atoms with Gasteiger partial charge in [0, 0.05) is 18.0 Å². The Labute approximate surface area is 155 Å². The molecular weight excluding hydrogens is 383 g/mol. The summed E-state index contributed by atoms with van der Waals surface area (Å²) in [5, 5.41) is 8.92. The third kappa shape index (κ3) is 3.67. The van der Waals surface area contributed by atoms with E-state index >= 15 is 0 Å². The van der Waals surface area contributed by atoms with E-state index in [1.54, 1.807) is 13.0 Å². The second-order valence-electron chi connectivity index (χ2n) is 5.71. The number of pyridine rings is 1. The molecule has 0 saturated carbocycles. The predicted molar refractivity (Wildman–Crippen MR) is 94.7 cm³/mol. The molecule has 1 aromatic carbocycles. The Bertz CT molecular complexity index is 1020. The number of aliphatic hydroxyl groups excluding tert-OH is 1. The van der Waals surface area contributed by atoms with Gasteiger partial charge in [0.25, 0.3) is 0 Å². The van der Waals surface area contributed by atoms with Crippen LogP contribution in [-0.2, 0) is 17.2 Å². The summed E-state index contributed by atoms with van der Waals surface area (Å²) in [5.41, 5.74) is 0.451. The zero-order chi connectivity index (χ0) is 19.8. The first-order valence-corrected chi connectivity index (χ1v) is 9.38. The fourth-order valence-electron chi connectivity index (χ4n) is 2.70. The van der Waals surface area contributed by atoms with Gasteiger partial charge in [0.15, 0.2) is 5.82 Å². The number of alkyl halides is 3. The largest absolute Gasteiger partial charge is 0.491 e. The van der Waals surface area contributed by atoms with Gasteiger partial charge < -0.3 is 9.84 Å². The molecule has 0 aliphatic heterocycles. The van der Waals surface area contributed by atoms with E-state index in [2.05, 4.69) is 9.97 Å². The number of aromatic nitrogens is 3. The molecule has 0 aliphatic rings. The minimum atomic E-state index is -4.50. The number of imidazole rings is 1. The highest BCUT2D eigenvalue weighted by Crippen LogP contribution is 2.34. The average Bonchev–Trinajstić information content (AvgIpc) is 2.98. The first-order chi connectivity index (χ1) is 12.7. The maximum Gasteiger partial charge on any atom is 0.416 e. The van der Waals surface area contributed by atoms with Crippen LogP contribution in [0.4, 0.5) is 13.2 Å². The normalized spacial score (nSPS) is 13.1. The number of hydrogen-bond acceptors (Lipinski definition) is 5. The summed E-state index contributed by atoms with van der Waals surface area (Å²) in [6.07, 6.45) is -1.64. The second kappa shape index (κ2) is 7.28. The first-order valence-electron chi connectivity index (χ1n) is 7.87. The molecule has 0 fully saturated rings. The van der Waals surface area contributed by atoms with Crippen molar-refractivity contribution in [2.75, 3.05) is 19.5 Å². The molecule has 2 aromatic heterocycles. The third-order valence-corrected chi connectivity index (χ3v) is 4.80. The van der Waals surface area contributed by atoms with Gasteiger partial charge in [-0.25, -0.2) is 13.2 Å². The molecule has 27 heavy (non-hydrogen) atoms. The monoisotopic (exact) mass is 399 g/mol. The number of ether oxygens (including phenoxy) is 1. The van der Waals surface area contributed by atoms with Crippen molar-refractivity contribution in [3.05, 3.63) is 41.6 Å². The van der Waals surface area contributed by atoms with Gasteiger partial charge in [-0.3, -0.25) is 4.98 Å². The van der Waals surface area contributed by atoms with Crippen LogP contribution in [0.2, 0.25) is 0 Å². The van der Waals surface area contributed by atoms with E-state index in [9.17, 15) is 17.4 Å². The van der Waals surface area contributed by atoms with Gasteiger partial charge in [-0.05, 0) is 31.2 Å². The van der Waals surface area contributed by atoms with Crippen LogP contribution in [-0.4, -0.2) is 42.7 Å². The standard InChI is InChI=1S/C17H16F3N3O3S/c1-10-14(26-8-7-24)5-6-21-15(10)16-22-12-9-11(17(18,19)20)3-4-13(12)23(16)27(2)25/h3-6,9,24H,7-8H2,1-2H3. The number of rotatable bonds is 5. The molecule has 2 heterocycles. The summed E-state index contributed by atoms with van der Waals surface area (Å²) in [5.74, 6) is 0.627. The van der Waals surface area contributed by atoms with Crippen molar-refractivity contribution in [2.45, 2.75) is 13.1 Å². The van der Waals surface area contributed by atoms with Crippen LogP contribution < -0.4 is 4.74 Å². The lowest BCUT2D eigenvalue weighted by atomic mass is 10.2. The van der Waals surface area contributed by atoms with Crippen LogP contribution in [0.5, 0.6) is 5.75 Å². The van der Waals surface area contributed by atoms with Crippen molar-refractivity contribution in [2.24, 2.45) is 0 Å². The second-order valence-corrected chi connectivity index (χ2v) is 6.92. The highest BCUT2D eigenvalue weighted by molar-refractivity contribution is 7.83. The molecule has 1 atom stereocenters. The molecule has 144 valence electrons. The zero-order valence-electron chi connectivity index (χ0n) is 14.4. The van der Waals surface area contributed by atoms with Crippen molar-refractivity contribution in [3.63, 3.8) is 0 Å². The van der Waals surface area contributed by atoms with Gasteiger partial charge in [-0.15, -0.1) is 0 Å². The molecule has 0 radical (unpaired) electrons. The average molecular weight is 399 g/mol. The molecule has 6 nitrogen and oxygen atoms in total. The molecule has 0 spiro atoms. The Balaban J connectivity index is 2.22. The number of halogens is 3.